The standard InChI is InChI=1S/C17H22N2O2/c1-3-17(4-2)8-10-19(13-17)16(21)15-7-9-18-12-14(15)6-5-11-20/h7,9,12,20H,3-4,8,10-11,13H2,1-2H3. The van der Waals surface area contributed by atoms with E-state index in [4.69, 9.17) is 5.11 Å². The van der Waals surface area contributed by atoms with Gasteiger partial charge in [-0.2, -0.15) is 0 Å². The summed E-state index contributed by atoms with van der Waals surface area (Å²) in [6, 6.07) is 1.71. The monoisotopic (exact) mass is 286 g/mol. The van der Waals surface area contributed by atoms with Gasteiger partial charge in [0.15, 0.2) is 0 Å². The van der Waals surface area contributed by atoms with Crippen LogP contribution in [0.3, 0.4) is 0 Å². The summed E-state index contributed by atoms with van der Waals surface area (Å²) in [5.74, 6) is 5.41. The van der Waals surface area contributed by atoms with Crippen LogP contribution in [0, 0.1) is 17.3 Å². The molecule has 2 heterocycles. The van der Waals surface area contributed by atoms with Crippen molar-refractivity contribution in [3.05, 3.63) is 29.6 Å². The quantitative estimate of drug-likeness (QED) is 0.866. The summed E-state index contributed by atoms with van der Waals surface area (Å²) in [5.41, 5.74) is 1.43. The zero-order valence-corrected chi connectivity index (χ0v) is 12.7. The fourth-order valence-electron chi connectivity index (χ4n) is 2.92. The average molecular weight is 286 g/mol. The molecule has 0 unspecified atom stereocenters. The number of hydrogen-bond acceptors (Lipinski definition) is 3. The van der Waals surface area contributed by atoms with Crippen LogP contribution in [0.4, 0.5) is 0 Å². The first-order chi connectivity index (χ1) is 10.2. The molecule has 4 heteroatoms. The number of aromatic nitrogens is 1. The van der Waals surface area contributed by atoms with E-state index in [1.165, 1.54) is 0 Å². The Kier molecular flexibility index (Phi) is 4.98. The predicted molar refractivity (Wildman–Crippen MR) is 81.7 cm³/mol. The van der Waals surface area contributed by atoms with Crippen molar-refractivity contribution in [2.45, 2.75) is 33.1 Å². The number of aliphatic hydroxyl groups is 1. The van der Waals surface area contributed by atoms with E-state index >= 15 is 0 Å². The van der Waals surface area contributed by atoms with E-state index in [-0.39, 0.29) is 17.9 Å². The molecule has 1 saturated heterocycles. The summed E-state index contributed by atoms with van der Waals surface area (Å²) in [6.07, 6.45) is 6.45. The Labute approximate surface area is 126 Å². The van der Waals surface area contributed by atoms with Crippen LogP contribution in [-0.4, -0.2) is 40.6 Å². The van der Waals surface area contributed by atoms with Gasteiger partial charge in [0.25, 0.3) is 5.91 Å². The van der Waals surface area contributed by atoms with Crippen LogP contribution in [0.25, 0.3) is 0 Å². The molecule has 0 spiro atoms. The summed E-state index contributed by atoms with van der Waals surface area (Å²) in [6.45, 7) is 5.79. The lowest BCUT2D eigenvalue weighted by Crippen LogP contribution is -2.32. The Hall–Kier alpha value is -1.86. The smallest absolute Gasteiger partial charge is 0.255 e. The molecule has 1 aliphatic rings. The number of rotatable bonds is 3. The Morgan fingerprint density at radius 2 is 2.24 bits per heavy atom. The Morgan fingerprint density at radius 1 is 1.48 bits per heavy atom. The molecule has 1 fully saturated rings. The molecule has 1 N–H and O–H groups in total. The first-order valence-corrected chi connectivity index (χ1v) is 7.49. The largest absolute Gasteiger partial charge is 0.384 e. The summed E-state index contributed by atoms with van der Waals surface area (Å²) in [7, 11) is 0. The maximum absolute atomic E-state index is 12.7. The van der Waals surface area contributed by atoms with E-state index in [1.54, 1.807) is 18.5 Å². The van der Waals surface area contributed by atoms with E-state index in [0.29, 0.717) is 11.1 Å². The van der Waals surface area contributed by atoms with Crippen LogP contribution < -0.4 is 0 Å². The zero-order valence-electron chi connectivity index (χ0n) is 12.7. The summed E-state index contributed by atoms with van der Waals surface area (Å²) in [4.78, 5) is 18.7. The second-order valence-corrected chi connectivity index (χ2v) is 5.56. The molecule has 2 rings (SSSR count). The Bertz CT molecular complexity index is 568. The van der Waals surface area contributed by atoms with Gasteiger partial charge in [0, 0.05) is 25.5 Å². The lowest BCUT2D eigenvalue weighted by molar-refractivity contribution is 0.0769. The molecule has 21 heavy (non-hydrogen) atoms. The van der Waals surface area contributed by atoms with Crippen molar-refractivity contribution in [1.29, 1.82) is 0 Å². The molecule has 0 saturated carbocycles. The van der Waals surface area contributed by atoms with Crippen molar-refractivity contribution in [2.75, 3.05) is 19.7 Å². The second kappa shape index (κ2) is 6.73. The molecule has 4 nitrogen and oxygen atoms in total. The average Bonchev–Trinajstić information content (AvgIpc) is 2.98. The van der Waals surface area contributed by atoms with Crippen molar-refractivity contribution >= 4 is 5.91 Å². The molecule has 0 bridgehead atoms. The minimum absolute atomic E-state index is 0.0171. The number of pyridine rings is 1. The minimum atomic E-state index is -0.221. The minimum Gasteiger partial charge on any atom is -0.384 e. The SMILES string of the molecule is CCC1(CC)CCN(C(=O)c2ccncc2C#CCO)C1. The second-order valence-electron chi connectivity index (χ2n) is 5.56. The lowest BCUT2D eigenvalue weighted by atomic mass is 9.82. The van der Waals surface area contributed by atoms with E-state index in [0.717, 1.165) is 32.4 Å². The van der Waals surface area contributed by atoms with Crippen molar-refractivity contribution in [3.8, 4) is 11.8 Å². The molecule has 0 aliphatic carbocycles. The summed E-state index contributed by atoms with van der Waals surface area (Å²) in [5, 5.41) is 8.81. The number of amides is 1. The van der Waals surface area contributed by atoms with Gasteiger partial charge >= 0.3 is 0 Å². The van der Waals surface area contributed by atoms with Crippen LogP contribution in [-0.2, 0) is 0 Å². The van der Waals surface area contributed by atoms with Crippen LogP contribution in [0.5, 0.6) is 0 Å². The molecule has 1 aromatic heterocycles. The summed E-state index contributed by atoms with van der Waals surface area (Å²) < 4.78 is 0. The third-order valence-corrected chi connectivity index (χ3v) is 4.58. The van der Waals surface area contributed by atoms with Crippen LogP contribution >= 0.6 is 0 Å². The predicted octanol–water partition coefficient (Wildman–Crippen LogP) is 2.08. The first kappa shape index (κ1) is 15.5. The zero-order chi connectivity index (χ0) is 15.3. The highest BCUT2D eigenvalue weighted by Gasteiger charge is 2.37. The first-order valence-electron chi connectivity index (χ1n) is 7.49. The number of carbonyl (C=O) groups is 1. The van der Waals surface area contributed by atoms with E-state index in [2.05, 4.69) is 30.7 Å². The van der Waals surface area contributed by atoms with Crippen LogP contribution in [0.2, 0.25) is 0 Å². The maximum atomic E-state index is 12.7. The highest BCUT2D eigenvalue weighted by molar-refractivity contribution is 5.96. The van der Waals surface area contributed by atoms with Gasteiger partial charge in [-0.25, -0.2) is 0 Å². The lowest BCUT2D eigenvalue weighted by Gasteiger charge is -2.26. The molecular formula is C17H22N2O2. The van der Waals surface area contributed by atoms with Crippen molar-refractivity contribution in [1.82, 2.24) is 9.88 Å². The third kappa shape index (κ3) is 3.25. The molecule has 1 aromatic rings. The van der Waals surface area contributed by atoms with Gasteiger partial charge in [0.05, 0.1) is 11.1 Å². The molecule has 1 aliphatic heterocycles. The Balaban J connectivity index is 2.22. The van der Waals surface area contributed by atoms with Gasteiger partial charge in [0.1, 0.15) is 6.61 Å². The molecule has 1 amide bonds. The van der Waals surface area contributed by atoms with E-state index in [1.807, 2.05) is 4.90 Å². The van der Waals surface area contributed by atoms with E-state index in [9.17, 15) is 4.79 Å². The van der Waals surface area contributed by atoms with Crippen molar-refractivity contribution in [2.24, 2.45) is 5.41 Å². The maximum Gasteiger partial charge on any atom is 0.255 e. The van der Waals surface area contributed by atoms with Crippen LogP contribution in [0.1, 0.15) is 49.0 Å². The fourth-order valence-corrected chi connectivity index (χ4v) is 2.92. The number of hydrogen-bond donors (Lipinski definition) is 1. The fraction of sp³-hybridized carbons (Fsp3) is 0.529. The van der Waals surface area contributed by atoms with Gasteiger partial charge in [-0.1, -0.05) is 25.7 Å². The van der Waals surface area contributed by atoms with Crippen molar-refractivity contribution < 1.29 is 9.90 Å². The molecule has 0 radical (unpaired) electrons. The normalized spacial score (nSPS) is 16.4. The highest BCUT2D eigenvalue weighted by atomic mass is 16.2. The summed E-state index contributed by atoms with van der Waals surface area (Å²) >= 11 is 0. The van der Waals surface area contributed by atoms with Gasteiger partial charge in [-0.15, -0.1) is 0 Å². The topological polar surface area (TPSA) is 53.4 Å². The molecular weight excluding hydrogens is 264 g/mol. The molecule has 0 aromatic carbocycles. The molecule has 112 valence electrons. The molecule has 0 atom stereocenters. The third-order valence-electron chi connectivity index (χ3n) is 4.58. The van der Waals surface area contributed by atoms with Gasteiger partial charge in [0.2, 0.25) is 0 Å². The number of aliphatic hydroxyl groups excluding tert-OH is 1. The Morgan fingerprint density at radius 3 is 2.86 bits per heavy atom. The van der Waals surface area contributed by atoms with Crippen LogP contribution in [0.15, 0.2) is 18.5 Å². The number of nitrogens with zero attached hydrogens (tertiary/aromatic N) is 2. The number of likely N-dealkylation sites (tertiary alicyclic amines) is 1. The number of carbonyl (C=O) groups excluding carboxylic acids is 1. The van der Waals surface area contributed by atoms with Gasteiger partial charge in [-0.3, -0.25) is 9.78 Å². The van der Waals surface area contributed by atoms with Gasteiger partial charge < -0.3 is 10.0 Å². The van der Waals surface area contributed by atoms with Crippen molar-refractivity contribution in [3.63, 3.8) is 0 Å². The van der Waals surface area contributed by atoms with Gasteiger partial charge in [-0.05, 0) is 30.7 Å². The van der Waals surface area contributed by atoms with E-state index < -0.39 is 0 Å². The highest BCUT2D eigenvalue weighted by Crippen LogP contribution is 2.37.